The highest BCUT2D eigenvalue weighted by Crippen LogP contribution is 2.93. The molecule has 0 amide bonds. The highest BCUT2D eigenvalue weighted by molar-refractivity contribution is 5.43. The van der Waals surface area contributed by atoms with Crippen LogP contribution < -0.4 is 5.32 Å². The summed E-state index contributed by atoms with van der Waals surface area (Å²) in [7, 11) is 0. The lowest BCUT2D eigenvalue weighted by atomic mass is 9.55. The molecule has 10 atom stereocenters. The molecule has 3 saturated heterocycles. The van der Waals surface area contributed by atoms with Gasteiger partial charge in [-0.2, -0.15) is 0 Å². The van der Waals surface area contributed by atoms with Crippen molar-refractivity contribution in [2.24, 2.45) is 47.3 Å². The van der Waals surface area contributed by atoms with E-state index in [0.29, 0.717) is 26.4 Å². The Morgan fingerprint density at radius 1 is 0.593 bits per heavy atom. The fourth-order valence-corrected chi connectivity index (χ4v) is 9.27. The molecule has 0 aromatic heterocycles. The van der Waals surface area contributed by atoms with Gasteiger partial charge in [0, 0.05) is 13.1 Å². The largest absolute Gasteiger partial charge is 0.378 e. The van der Waals surface area contributed by atoms with Crippen LogP contribution >= 0.6 is 0 Å². The second-order valence-corrected chi connectivity index (χ2v) is 9.91. The maximum absolute atomic E-state index is 7.05. The molecule has 6 heteroatoms. The highest BCUT2D eigenvalue weighted by Gasteiger charge is 2.96. The van der Waals surface area contributed by atoms with Crippen LogP contribution in [0.3, 0.4) is 0 Å². The second kappa shape index (κ2) is 5.67. The molecule has 10 unspecified atom stereocenters. The molecule has 0 aromatic carbocycles. The number of nitrogens with one attached hydrogen (secondary N) is 1. The number of ether oxygens (including phenoxy) is 5. The predicted octanol–water partition coefficient (Wildman–Crippen LogP) is 0.552. The van der Waals surface area contributed by atoms with Crippen molar-refractivity contribution in [3.63, 3.8) is 0 Å². The van der Waals surface area contributed by atoms with E-state index in [1.807, 2.05) is 0 Å². The fourth-order valence-electron chi connectivity index (χ4n) is 9.27. The molecule has 27 heavy (non-hydrogen) atoms. The average molecular weight is 377 g/mol. The minimum absolute atomic E-state index is 0.000725. The Balaban J connectivity index is 1.12. The molecular formula is C21H31NO5. The van der Waals surface area contributed by atoms with Crippen molar-refractivity contribution in [2.75, 3.05) is 65.9 Å². The van der Waals surface area contributed by atoms with Gasteiger partial charge in [0.05, 0.1) is 64.1 Å². The van der Waals surface area contributed by atoms with Gasteiger partial charge in [0.15, 0.2) is 0 Å². The van der Waals surface area contributed by atoms with Gasteiger partial charge in [0.25, 0.3) is 0 Å². The van der Waals surface area contributed by atoms with Crippen molar-refractivity contribution in [3.05, 3.63) is 0 Å². The average Bonchev–Trinajstić information content (AvgIpc) is 3.30. The Bertz CT molecular complexity index is 578. The van der Waals surface area contributed by atoms with Crippen LogP contribution in [0.2, 0.25) is 0 Å². The van der Waals surface area contributed by atoms with Gasteiger partial charge in [-0.15, -0.1) is 0 Å². The maximum atomic E-state index is 7.05. The number of hydrogen-bond acceptors (Lipinski definition) is 6. The van der Waals surface area contributed by atoms with E-state index >= 15 is 0 Å². The van der Waals surface area contributed by atoms with Crippen molar-refractivity contribution in [2.45, 2.75) is 17.6 Å². The molecule has 8 fully saturated rings. The third-order valence-electron chi connectivity index (χ3n) is 9.39. The molecule has 3 heterocycles. The summed E-state index contributed by atoms with van der Waals surface area (Å²) in [4.78, 5) is 0. The lowest BCUT2D eigenvalue weighted by Gasteiger charge is -2.47. The molecule has 150 valence electrons. The lowest BCUT2D eigenvalue weighted by Crippen LogP contribution is -2.54. The van der Waals surface area contributed by atoms with E-state index in [1.54, 1.807) is 0 Å². The summed E-state index contributed by atoms with van der Waals surface area (Å²) in [5.41, 5.74) is -0.00145. The minimum atomic E-state index is -0.000725. The third-order valence-corrected chi connectivity index (χ3v) is 9.39. The molecule has 1 N–H and O–H groups in total. The zero-order chi connectivity index (χ0) is 17.6. The number of rotatable bonds is 0. The van der Waals surface area contributed by atoms with Crippen LogP contribution in [0.15, 0.2) is 0 Å². The van der Waals surface area contributed by atoms with Gasteiger partial charge in [-0.05, 0) is 53.8 Å². The van der Waals surface area contributed by atoms with Gasteiger partial charge in [0.2, 0.25) is 0 Å². The normalized spacial score (nSPS) is 61.3. The zero-order valence-electron chi connectivity index (χ0n) is 15.9. The van der Waals surface area contributed by atoms with Crippen molar-refractivity contribution in [1.82, 2.24) is 5.32 Å². The van der Waals surface area contributed by atoms with E-state index in [-0.39, 0.29) is 11.2 Å². The number of hydrogen-bond donors (Lipinski definition) is 1. The molecular weight excluding hydrogens is 346 g/mol. The first-order valence-corrected chi connectivity index (χ1v) is 11.1. The van der Waals surface area contributed by atoms with E-state index in [9.17, 15) is 0 Å². The van der Waals surface area contributed by atoms with Crippen LogP contribution in [-0.4, -0.2) is 77.1 Å². The molecule has 3 aliphatic heterocycles. The summed E-state index contributed by atoms with van der Waals surface area (Å²) in [5, 5.41) is 3.34. The van der Waals surface area contributed by atoms with Crippen LogP contribution in [0.4, 0.5) is 0 Å². The van der Waals surface area contributed by atoms with Crippen molar-refractivity contribution in [1.29, 1.82) is 0 Å². The molecule has 8 rings (SSSR count). The smallest absolute Gasteiger partial charge is 0.0992 e. The Morgan fingerprint density at radius 3 is 1.67 bits per heavy atom. The second-order valence-electron chi connectivity index (χ2n) is 9.91. The van der Waals surface area contributed by atoms with E-state index in [0.717, 1.165) is 86.9 Å². The monoisotopic (exact) mass is 377 g/mol. The Morgan fingerprint density at radius 2 is 1.11 bits per heavy atom. The van der Waals surface area contributed by atoms with Crippen LogP contribution in [0.5, 0.6) is 0 Å². The van der Waals surface area contributed by atoms with Crippen molar-refractivity contribution in [3.8, 4) is 0 Å². The topological polar surface area (TPSA) is 58.2 Å². The predicted molar refractivity (Wildman–Crippen MR) is 95.2 cm³/mol. The molecule has 6 nitrogen and oxygen atoms in total. The summed E-state index contributed by atoms with van der Waals surface area (Å²) in [6.45, 7) is 7.39. The molecule has 5 saturated carbocycles. The fraction of sp³-hybridized carbons (Fsp3) is 1.00. The lowest BCUT2D eigenvalue weighted by molar-refractivity contribution is -0.137. The molecule has 8 aliphatic rings. The van der Waals surface area contributed by atoms with Gasteiger partial charge in [-0.25, -0.2) is 0 Å². The third kappa shape index (κ3) is 1.80. The van der Waals surface area contributed by atoms with Gasteiger partial charge in [-0.3, -0.25) is 0 Å². The maximum Gasteiger partial charge on any atom is 0.0992 e. The Kier molecular flexibility index (Phi) is 3.48. The van der Waals surface area contributed by atoms with Gasteiger partial charge >= 0.3 is 0 Å². The zero-order valence-corrected chi connectivity index (χ0v) is 15.9. The van der Waals surface area contributed by atoms with Crippen LogP contribution in [0.25, 0.3) is 0 Å². The van der Waals surface area contributed by atoms with Crippen LogP contribution in [-0.2, 0) is 23.7 Å². The standard InChI is InChI=1S/C21H31NO5/c1-3-23-5-7-25-10-20-16-12-9-13-15-14(12)18(20)19(15)21(27-20,17(13)16)11-26-8-6-24-4-2-22-1/h12-19,22H,1-11H2. The SMILES string of the molecule is C1COCCOCC23OC4(COCCOCCN1)C1C5CC(C6C5C4C62)C13. The molecule has 5 aliphatic carbocycles. The molecule has 4 bridgehead atoms. The van der Waals surface area contributed by atoms with Crippen molar-refractivity contribution >= 4 is 0 Å². The first-order valence-electron chi connectivity index (χ1n) is 11.1. The van der Waals surface area contributed by atoms with E-state index in [4.69, 9.17) is 23.7 Å². The molecule has 0 radical (unpaired) electrons. The highest BCUT2D eigenvalue weighted by atomic mass is 16.6. The van der Waals surface area contributed by atoms with Crippen LogP contribution in [0, 0.1) is 47.3 Å². The Labute approximate surface area is 160 Å². The van der Waals surface area contributed by atoms with E-state index in [2.05, 4.69) is 5.32 Å². The molecule has 0 aromatic rings. The van der Waals surface area contributed by atoms with Gasteiger partial charge < -0.3 is 29.0 Å². The summed E-state index contributed by atoms with van der Waals surface area (Å²) in [5.74, 6) is 6.67. The van der Waals surface area contributed by atoms with Gasteiger partial charge in [0.1, 0.15) is 0 Å². The van der Waals surface area contributed by atoms with Gasteiger partial charge in [-0.1, -0.05) is 0 Å². The van der Waals surface area contributed by atoms with E-state index < -0.39 is 0 Å². The summed E-state index contributed by atoms with van der Waals surface area (Å²) in [6, 6.07) is 0. The van der Waals surface area contributed by atoms with Crippen LogP contribution in [0.1, 0.15) is 6.42 Å². The summed E-state index contributed by atoms with van der Waals surface area (Å²) >= 11 is 0. The quantitative estimate of drug-likeness (QED) is 0.666. The first-order chi connectivity index (χ1) is 13.4. The molecule has 2 spiro atoms. The minimum Gasteiger partial charge on any atom is -0.378 e. The first kappa shape index (κ1) is 16.5. The Hall–Kier alpha value is -0.240. The summed E-state index contributed by atoms with van der Waals surface area (Å²) < 4.78 is 30.8. The van der Waals surface area contributed by atoms with E-state index in [1.165, 1.54) is 6.42 Å². The summed E-state index contributed by atoms with van der Waals surface area (Å²) in [6.07, 6.45) is 1.46. The van der Waals surface area contributed by atoms with Crippen molar-refractivity contribution < 1.29 is 23.7 Å².